The Labute approximate surface area is 97.7 Å². The first-order valence-electron chi connectivity index (χ1n) is 4.96. The number of nitro groups is 1. The fourth-order valence-corrected chi connectivity index (χ4v) is 1.21. The molecular weight excluding hydrogens is 224 g/mol. The summed E-state index contributed by atoms with van der Waals surface area (Å²) < 4.78 is 0. The molecule has 0 aliphatic carbocycles. The van der Waals surface area contributed by atoms with Crippen LogP contribution in [0.3, 0.4) is 0 Å². The summed E-state index contributed by atoms with van der Waals surface area (Å²) in [5.41, 5.74) is 1.01. The molecular formula is C11H12N2O4. The molecule has 0 fully saturated rings. The summed E-state index contributed by atoms with van der Waals surface area (Å²) in [5.74, 6) is -1.01. The molecule has 6 nitrogen and oxygen atoms in total. The molecule has 0 heterocycles. The van der Waals surface area contributed by atoms with Crippen LogP contribution < -0.4 is 5.32 Å². The highest BCUT2D eigenvalue weighted by Crippen LogP contribution is 2.11. The predicted molar refractivity (Wildman–Crippen MR) is 61.6 cm³/mol. The minimum absolute atomic E-state index is 0.0625. The molecule has 0 bridgehead atoms. The van der Waals surface area contributed by atoms with Crippen molar-refractivity contribution >= 4 is 11.7 Å². The first kappa shape index (κ1) is 12.7. The van der Waals surface area contributed by atoms with Gasteiger partial charge in [0.05, 0.1) is 4.92 Å². The lowest BCUT2D eigenvalue weighted by Crippen LogP contribution is -2.10. The Hall–Kier alpha value is -2.37. The van der Waals surface area contributed by atoms with Crippen molar-refractivity contribution in [2.75, 3.05) is 6.54 Å². The number of carboxylic acids is 1. The van der Waals surface area contributed by atoms with Crippen molar-refractivity contribution in [2.24, 2.45) is 0 Å². The van der Waals surface area contributed by atoms with E-state index in [2.05, 4.69) is 5.32 Å². The van der Waals surface area contributed by atoms with Crippen molar-refractivity contribution in [2.45, 2.75) is 6.42 Å². The van der Waals surface area contributed by atoms with Gasteiger partial charge in [-0.1, -0.05) is 12.1 Å². The Morgan fingerprint density at radius 1 is 1.41 bits per heavy atom. The lowest BCUT2D eigenvalue weighted by atomic mass is 10.1. The Morgan fingerprint density at radius 2 is 2.06 bits per heavy atom. The van der Waals surface area contributed by atoms with E-state index in [9.17, 15) is 14.9 Å². The highest BCUT2D eigenvalue weighted by Gasteiger charge is 2.02. The normalized spacial score (nSPS) is 10.4. The molecule has 0 saturated heterocycles. The third-order valence-electron chi connectivity index (χ3n) is 2.05. The van der Waals surface area contributed by atoms with Gasteiger partial charge >= 0.3 is 5.97 Å². The lowest BCUT2D eigenvalue weighted by Gasteiger charge is -2.01. The highest BCUT2D eigenvalue weighted by atomic mass is 16.6. The van der Waals surface area contributed by atoms with Gasteiger partial charge in [0.1, 0.15) is 0 Å². The number of hydrogen-bond acceptors (Lipinski definition) is 4. The number of non-ortho nitro benzene ring substituents is 1. The van der Waals surface area contributed by atoms with E-state index in [4.69, 9.17) is 5.11 Å². The molecule has 17 heavy (non-hydrogen) atoms. The SMILES string of the molecule is O=C(O)/C=C/NCCc1ccc([N+](=O)[O-])cc1. The van der Waals surface area contributed by atoms with Crippen molar-refractivity contribution < 1.29 is 14.8 Å². The van der Waals surface area contributed by atoms with E-state index >= 15 is 0 Å². The number of aliphatic carboxylic acids is 1. The van der Waals surface area contributed by atoms with Crippen molar-refractivity contribution in [1.29, 1.82) is 0 Å². The zero-order chi connectivity index (χ0) is 12.7. The molecule has 6 heteroatoms. The molecule has 1 aromatic rings. The summed E-state index contributed by atoms with van der Waals surface area (Å²) in [6, 6.07) is 6.26. The third kappa shape index (κ3) is 4.78. The van der Waals surface area contributed by atoms with E-state index in [-0.39, 0.29) is 5.69 Å². The van der Waals surface area contributed by atoms with E-state index in [1.54, 1.807) is 12.1 Å². The van der Waals surface area contributed by atoms with E-state index in [0.717, 1.165) is 11.6 Å². The predicted octanol–water partition coefficient (Wildman–Crippen LogP) is 1.33. The van der Waals surface area contributed by atoms with Gasteiger partial charge in [0.25, 0.3) is 5.69 Å². The number of carboxylic acid groups (broad SMARTS) is 1. The molecule has 90 valence electrons. The molecule has 0 aromatic heterocycles. The second kappa shape index (κ2) is 6.26. The summed E-state index contributed by atoms with van der Waals surface area (Å²) in [6.07, 6.45) is 3.03. The second-order valence-electron chi connectivity index (χ2n) is 3.30. The van der Waals surface area contributed by atoms with Gasteiger partial charge in [0.2, 0.25) is 0 Å². The van der Waals surface area contributed by atoms with Gasteiger partial charge in [-0.25, -0.2) is 4.79 Å². The fraction of sp³-hybridized carbons (Fsp3) is 0.182. The van der Waals surface area contributed by atoms with Crippen molar-refractivity contribution in [1.82, 2.24) is 5.32 Å². The maximum Gasteiger partial charge on any atom is 0.329 e. The molecule has 0 saturated carbocycles. The third-order valence-corrected chi connectivity index (χ3v) is 2.05. The van der Waals surface area contributed by atoms with E-state index in [0.29, 0.717) is 13.0 Å². The van der Waals surface area contributed by atoms with Gasteiger partial charge in [-0.2, -0.15) is 0 Å². The van der Waals surface area contributed by atoms with Crippen LogP contribution in [0.1, 0.15) is 5.56 Å². The molecule has 2 N–H and O–H groups in total. The van der Waals surface area contributed by atoms with Gasteiger partial charge in [-0.05, 0) is 12.0 Å². The van der Waals surface area contributed by atoms with Crippen LogP contribution in [0.15, 0.2) is 36.5 Å². The van der Waals surface area contributed by atoms with Crippen LogP contribution in [0.25, 0.3) is 0 Å². The maximum absolute atomic E-state index is 10.4. The van der Waals surface area contributed by atoms with E-state index in [1.165, 1.54) is 18.3 Å². The van der Waals surface area contributed by atoms with Crippen LogP contribution in [-0.2, 0) is 11.2 Å². The summed E-state index contributed by atoms with van der Waals surface area (Å²) >= 11 is 0. The molecule has 0 aliphatic rings. The van der Waals surface area contributed by atoms with Gasteiger partial charge in [-0.3, -0.25) is 10.1 Å². The molecule has 1 aromatic carbocycles. The Morgan fingerprint density at radius 3 is 2.59 bits per heavy atom. The summed E-state index contributed by atoms with van der Waals surface area (Å²) in [7, 11) is 0. The van der Waals surface area contributed by atoms with Crippen molar-refractivity contribution in [3.8, 4) is 0 Å². The smallest absolute Gasteiger partial charge is 0.329 e. The zero-order valence-corrected chi connectivity index (χ0v) is 9.00. The molecule has 0 aliphatic heterocycles. The quantitative estimate of drug-likeness (QED) is 0.336. The minimum atomic E-state index is -1.01. The van der Waals surface area contributed by atoms with Crippen molar-refractivity contribution in [3.63, 3.8) is 0 Å². The van der Waals surface area contributed by atoms with Gasteiger partial charge in [-0.15, -0.1) is 0 Å². The standard InChI is InChI=1S/C11H12N2O4/c14-11(15)6-8-12-7-5-9-1-3-10(4-2-9)13(16)17/h1-4,6,8,12H,5,7H2,(H,14,15)/b8-6+. The first-order chi connectivity index (χ1) is 8.09. The number of rotatable bonds is 6. The summed E-state index contributed by atoms with van der Waals surface area (Å²) in [4.78, 5) is 20.1. The molecule has 1 rings (SSSR count). The molecule has 0 unspecified atom stereocenters. The van der Waals surface area contributed by atoms with Crippen LogP contribution in [0, 0.1) is 10.1 Å². The topological polar surface area (TPSA) is 92.5 Å². The average Bonchev–Trinajstić information content (AvgIpc) is 2.29. The van der Waals surface area contributed by atoms with Crippen molar-refractivity contribution in [3.05, 3.63) is 52.2 Å². The number of nitro benzene ring substituents is 1. The molecule has 0 spiro atoms. The number of nitrogens with zero attached hydrogens (tertiary/aromatic N) is 1. The van der Waals surface area contributed by atoms with Gasteiger partial charge < -0.3 is 10.4 Å². The van der Waals surface area contributed by atoms with E-state index < -0.39 is 10.9 Å². The second-order valence-corrected chi connectivity index (χ2v) is 3.30. The first-order valence-corrected chi connectivity index (χ1v) is 4.96. The molecule has 0 amide bonds. The monoisotopic (exact) mass is 236 g/mol. The average molecular weight is 236 g/mol. The van der Waals surface area contributed by atoms with Crippen LogP contribution in [0.4, 0.5) is 5.69 Å². The zero-order valence-electron chi connectivity index (χ0n) is 9.00. The maximum atomic E-state index is 10.4. The van der Waals surface area contributed by atoms with Crippen LogP contribution in [0.5, 0.6) is 0 Å². The van der Waals surface area contributed by atoms with Gasteiger partial charge in [0.15, 0.2) is 0 Å². The number of hydrogen-bond donors (Lipinski definition) is 2. The molecule has 0 radical (unpaired) electrons. The lowest BCUT2D eigenvalue weighted by molar-refractivity contribution is -0.384. The number of benzene rings is 1. The number of carbonyl (C=O) groups is 1. The van der Waals surface area contributed by atoms with Crippen LogP contribution in [0.2, 0.25) is 0 Å². The Balaban J connectivity index is 2.37. The number of nitrogens with one attached hydrogen (secondary N) is 1. The largest absolute Gasteiger partial charge is 0.478 e. The molecule has 0 atom stereocenters. The van der Waals surface area contributed by atoms with Gasteiger partial charge in [0, 0.05) is 31.0 Å². The minimum Gasteiger partial charge on any atom is -0.478 e. The highest BCUT2D eigenvalue weighted by molar-refractivity contribution is 5.79. The fourth-order valence-electron chi connectivity index (χ4n) is 1.21. The Bertz CT molecular complexity index is 426. The summed E-state index contributed by atoms with van der Waals surface area (Å²) in [5, 5.41) is 21.5. The van der Waals surface area contributed by atoms with Crippen LogP contribution in [-0.4, -0.2) is 22.5 Å². The van der Waals surface area contributed by atoms with E-state index in [1.807, 2.05) is 0 Å². The van der Waals surface area contributed by atoms with Crippen LogP contribution >= 0.6 is 0 Å². The Kier molecular flexibility index (Phi) is 4.68. The summed E-state index contributed by atoms with van der Waals surface area (Å²) in [6.45, 7) is 0.571.